The maximum Gasteiger partial charge on any atom is 0.101 e. The Kier molecular flexibility index (Phi) is 22.4. The van der Waals surface area contributed by atoms with Crippen LogP contribution in [0.1, 0.15) is 221 Å². The molecular weight excluding hydrogens is 597 g/mol. The molecule has 2 N–H and O–H groups in total. The van der Waals surface area contributed by atoms with Crippen LogP contribution < -0.4 is 0 Å². The van der Waals surface area contributed by atoms with Crippen molar-refractivity contribution >= 4 is 0 Å². The van der Waals surface area contributed by atoms with Gasteiger partial charge in [-0.2, -0.15) is 0 Å². The van der Waals surface area contributed by atoms with Gasteiger partial charge in [0.15, 0.2) is 0 Å². The zero-order chi connectivity index (χ0) is 35.9. The summed E-state index contributed by atoms with van der Waals surface area (Å²) in [6.45, 7) is 14.1. The van der Waals surface area contributed by atoms with Gasteiger partial charge >= 0.3 is 0 Å². The molecule has 0 aromatic rings. The lowest BCUT2D eigenvalue weighted by Crippen LogP contribution is -2.39. The molecule has 0 bridgehead atoms. The Labute approximate surface area is 306 Å². The van der Waals surface area contributed by atoms with Crippen LogP contribution in [0.5, 0.6) is 0 Å². The van der Waals surface area contributed by atoms with Crippen molar-refractivity contribution < 1.29 is 10.2 Å². The van der Waals surface area contributed by atoms with Gasteiger partial charge in [-0.15, -0.1) is 0 Å². The van der Waals surface area contributed by atoms with Crippen molar-refractivity contribution in [2.75, 3.05) is 0 Å². The fourth-order valence-corrected chi connectivity index (χ4v) is 8.70. The molecule has 49 heavy (non-hydrogen) atoms. The van der Waals surface area contributed by atoms with Gasteiger partial charge in [-0.05, 0) is 68.9 Å². The third kappa shape index (κ3) is 16.8. The Morgan fingerprint density at radius 3 is 1.06 bits per heavy atom. The zero-order valence-electron chi connectivity index (χ0n) is 33.8. The Bertz CT molecular complexity index is 893. The van der Waals surface area contributed by atoms with E-state index in [0.29, 0.717) is 11.8 Å². The van der Waals surface area contributed by atoms with Gasteiger partial charge in [-0.1, -0.05) is 205 Å². The minimum atomic E-state index is -0.814. The SMILES string of the molecule is CCCCCCCCC1=CC(O)(CCCCCCCC)C=CC1C(C)(C)C1C=CC(O)(CCCCCCCC)C=C1CCCCCCCC. The monoisotopic (exact) mass is 681 g/mol. The van der Waals surface area contributed by atoms with Crippen molar-refractivity contribution in [2.45, 2.75) is 233 Å². The second kappa shape index (κ2) is 25.0. The topological polar surface area (TPSA) is 40.5 Å². The summed E-state index contributed by atoms with van der Waals surface area (Å²) in [7, 11) is 0. The van der Waals surface area contributed by atoms with Crippen molar-refractivity contribution in [3.8, 4) is 0 Å². The molecule has 4 atom stereocenters. The third-order valence-electron chi connectivity index (χ3n) is 11.9. The van der Waals surface area contributed by atoms with Gasteiger partial charge in [0.2, 0.25) is 0 Å². The Balaban J connectivity index is 2.25. The molecule has 2 nitrogen and oxygen atoms in total. The molecule has 284 valence electrons. The highest BCUT2D eigenvalue weighted by molar-refractivity contribution is 5.37. The number of rotatable bonds is 30. The highest BCUT2D eigenvalue weighted by Crippen LogP contribution is 2.50. The molecular formula is C47H84O2. The zero-order valence-corrected chi connectivity index (χ0v) is 33.8. The lowest BCUT2D eigenvalue weighted by molar-refractivity contribution is 0.111. The van der Waals surface area contributed by atoms with Crippen molar-refractivity contribution in [2.24, 2.45) is 17.3 Å². The molecule has 0 heterocycles. The summed E-state index contributed by atoms with van der Waals surface area (Å²) in [6, 6.07) is 0. The summed E-state index contributed by atoms with van der Waals surface area (Å²) < 4.78 is 0. The largest absolute Gasteiger partial charge is 0.382 e. The molecule has 2 aliphatic rings. The summed E-state index contributed by atoms with van der Waals surface area (Å²) in [4.78, 5) is 0. The van der Waals surface area contributed by atoms with Gasteiger partial charge in [0.1, 0.15) is 11.2 Å². The van der Waals surface area contributed by atoms with Gasteiger partial charge in [0.05, 0.1) is 0 Å². The molecule has 0 aromatic heterocycles. The quantitative estimate of drug-likeness (QED) is 0.0585. The highest BCUT2D eigenvalue weighted by Gasteiger charge is 2.43. The molecule has 0 aromatic carbocycles. The molecule has 0 amide bonds. The van der Waals surface area contributed by atoms with Crippen LogP contribution in [0.3, 0.4) is 0 Å². The Morgan fingerprint density at radius 1 is 0.449 bits per heavy atom. The summed E-state index contributed by atoms with van der Waals surface area (Å²) in [5, 5.41) is 23.7. The molecule has 0 aliphatic heterocycles. The van der Waals surface area contributed by atoms with Crippen LogP contribution in [-0.2, 0) is 0 Å². The fraction of sp³-hybridized carbons (Fsp3) is 0.830. The summed E-state index contributed by atoms with van der Waals surface area (Å²) >= 11 is 0. The van der Waals surface area contributed by atoms with Crippen LogP contribution >= 0.6 is 0 Å². The minimum Gasteiger partial charge on any atom is -0.382 e. The van der Waals surface area contributed by atoms with Crippen molar-refractivity contribution in [1.82, 2.24) is 0 Å². The molecule has 0 saturated carbocycles. The first-order chi connectivity index (χ1) is 23.6. The second-order valence-corrected chi connectivity index (χ2v) is 17.0. The van der Waals surface area contributed by atoms with Gasteiger partial charge in [-0.3, -0.25) is 0 Å². The third-order valence-corrected chi connectivity index (χ3v) is 11.9. The van der Waals surface area contributed by atoms with E-state index in [-0.39, 0.29) is 5.41 Å². The Hall–Kier alpha value is -1.12. The smallest absolute Gasteiger partial charge is 0.101 e. The van der Waals surface area contributed by atoms with E-state index in [1.54, 1.807) is 0 Å². The van der Waals surface area contributed by atoms with E-state index < -0.39 is 11.2 Å². The number of aliphatic hydroxyl groups is 2. The van der Waals surface area contributed by atoms with Crippen LogP contribution in [-0.4, -0.2) is 21.4 Å². The fourth-order valence-electron chi connectivity index (χ4n) is 8.70. The summed E-state index contributed by atoms with van der Waals surface area (Å²) in [5.74, 6) is 0.584. The molecule has 0 saturated heterocycles. The predicted octanol–water partition coefficient (Wildman–Crippen LogP) is 14.7. The molecule has 4 unspecified atom stereocenters. The van der Waals surface area contributed by atoms with E-state index in [1.807, 2.05) is 0 Å². The molecule has 2 heteroatoms. The van der Waals surface area contributed by atoms with E-state index in [1.165, 1.54) is 152 Å². The normalized spacial score (nSPS) is 24.0. The number of hydrogen-bond donors (Lipinski definition) is 2. The van der Waals surface area contributed by atoms with Gasteiger partial charge in [-0.25, -0.2) is 0 Å². The number of unbranched alkanes of at least 4 members (excludes halogenated alkanes) is 20. The van der Waals surface area contributed by atoms with Crippen LogP contribution in [0.15, 0.2) is 47.6 Å². The average molecular weight is 681 g/mol. The van der Waals surface area contributed by atoms with Crippen LogP contribution in [0.4, 0.5) is 0 Å². The predicted molar refractivity (Wildman–Crippen MR) is 217 cm³/mol. The first-order valence-electron chi connectivity index (χ1n) is 21.9. The van der Waals surface area contributed by atoms with E-state index >= 15 is 0 Å². The van der Waals surface area contributed by atoms with Gasteiger partial charge in [0, 0.05) is 11.8 Å². The van der Waals surface area contributed by atoms with Crippen LogP contribution in [0.25, 0.3) is 0 Å². The van der Waals surface area contributed by atoms with Crippen molar-refractivity contribution in [3.63, 3.8) is 0 Å². The second-order valence-electron chi connectivity index (χ2n) is 17.0. The van der Waals surface area contributed by atoms with Gasteiger partial charge in [0.25, 0.3) is 0 Å². The molecule has 2 aliphatic carbocycles. The van der Waals surface area contributed by atoms with Crippen LogP contribution in [0, 0.1) is 17.3 Å². The maximum atomic E-state index is 11.9. The van der Waals surface area contributed by atoms with E-state index in [0.717, 1.165) is 38.5 Å². The standard InChI is InChI=1S/C47H84O2/c1-7-11-15-19-23-27-31-41-39-46(48,35-29-25-21-17-13-9-3)37-33-43(41)45(5,6)44-34-38-47(49,36-30-26-22-18-14-10-4)40-42(44)32-28-24-20-16-12-8-2/h33-34,37-40,43-44,48-49H,7-32,35-36H2,1-6H3. The molecule has 0 fully saturated rings. The molecule has 2 rings (SSSR count). The van der Waals surface area contributed by atoms with Crippen molar-refractivity contribution in [1.29, 1.82) is 0 Å². The van der Waals surface area contributed by atoms with E-state index in [9.17, 15) is 10.2 Å². The first kappa shape index (κ1) is 44.0. The van der Waals surface area contributed by atoms with E-state index in [2.05, 4.69) is 78.0 Å². The van der Waals surface area contributed by atoms with Crippen molar-refractivity contribution in [3.05, 3.63) is 47.6 Å². The lowest BCUT2D eigenvalue weighted by atomic mass is 9.59. The summed E-state index contributed by atoms with van der Waals surface area (Å²) in [5.41, 5.74) is 1.24. The van der Waals surface area contributed by atoms with Crippen LogP contribution in [0.2, 0.25) is 0 Å². The average Bonchev–Trinajstić information content (AvgIpc) is 3.07. The Morgan fingerprint density at radius 2 is 0.735 bits per heavy atom. The highest BCUT2D eigenvalue weighted by atomic mass is 16.3. The molecule has 0 radical (unpaired) electrons. The number of allylic oxidation sites excluding steroid dienone is 4. The maximum absolute atomic E-state index is 11.9. The van der Waals surface area contributed by atoms with E-state index in [4.69, 9.17) is 0 Å². The lowest BCUT2D eigenvalue weighted by Gasteiger charge is -2.46. The molecule has 0 spiro atoms. The number of hydrogen-bond acceptors (Lipinski definition) is 2. The minimum absolute atomic E-state index is 0.0436. The van der Waals surface area contributed by atoms with Gasteiger partial charge < -0.3 is 10.2 Å². The summed E-state index contributed by atoms with van der Waals surface area (Å²) in [6.07, 6.45) is 48.1. The first-order valence-corrected chi connectivity index (χ1v) is 21.9.